The van der Waals surface area contributed by atoms with E-state index in [0.29, 0.717) is 6.61 Å². The zero-order chi connectivity index (χ0) is 11.3. The lowest BCUT2D eigenvalue weighted by atomic mass is 9.98. The molecule has 0 amide bonds. The highest BCUT2D eigenvalue weighted by Gasteiger charge is 2.19. The number of benzene rings is 1. The molecule has 0 bridgehead atoms. The van der Waals surface area contributed by atoms with Crippen LogP contribution in [0.2, 0.25) is 0 Å². The van der Waals surface area contributed by atoms with Crippen molar-refractivity contribution in [1.82, 2.24) is 0 Å². The molecule has 3 nitrogen and oxygen atoms in total. The van der Waals surface area contributed by atoms with E-state index >= 15 is 0 Å². The number of rotatable bonds is 4. The van der Waals surface area contributed by atoms with Gasteiger partial charge in [0.05, 0.1) is 12.5 Å². The smallest absolute Gasteiger partial charge is 0.314 e. The van der Waals surface area contributed by atoms with E-state index in [1.165, 1.54) is 5.56 Å². The number of nitrogens with two attached hydrogens (primary N) is 1. The first-order valence-electron chi connectivity index (χ1n) is 5.12. The molecule has 82 valence electrons. The monoisotopic (exact) mass is 207 g/mol. The second-order valence-electron chi connectivity index (χ2n) is 3.45. The highest BCUT2D eigenvalue weighted by Crippen LogP contribution is 2.16. The third kappa shape index (κ3) is 3.06. The molecule has 3 heteroatoms. The quantitative estimate of drug-likeness (QED) is 0.763. The molecule has 0 aromatic heterocycles. The van der Waals surface area contributed by atoms with Crippen molar-refractivity contribution in [3.05, 3.63) is 35.4 Å². The van der Waals surface area contributed by atoms with E-state index in [2.05, 4.69) is 0 Å². The first-order valence-corrected chi connectivity index (χ1v) is 5.12. The molecule has 0 aliphatic heterocycles. The molecule has 0 saturated heterocycles. The Morgan fingerprint density at radius 1 is 1.40 bits per heavy atom. The van der Waals surface area contributed by atoms with Gasteiger partial charge in [-0.2, -0.15) is 0 Å². The molecule has 0 fully saturated rings. The van der Waals surface area contributed by atoms with Crippen molar-refractivity contribution in [3.8, 4) is 0 Å². The summed E-state index contributed by atoms with van der Waals surface area (Å²) in [6, 6.07) is 7.78. The van der Waals surface area contributed by atoms with Crippen molar-refractivity contribution >= 4 is 5.97 Å². The number of esters is 1. The third-order valence-electron chi connectivity index (χ3n) is 2.29. The second-order valence-corrected chi connectivity index (χ2v) is 3.45. The van der Waals surface area contributed by atoms with Crippen molar-refractivity contribution in [3.63, 3.8) is 0 Å². The Hall–Kier alpha value is -1.35. The van der Waals surface area contributed by atoms with E-state index in [1.807, 2.05) is 31.2 Å². The highest BCUT2D eigenvalue weighted by molar-refractivity contribution is 5.78. The number of ether oxygens (including phenoxy) is 1. The van der Waals surface area contributed by atoms with E-state index in [1.54, 1.807) is 6.92 Å². The van der Waals surface area contributed by atoms with Crippen LogP contribution in [0.25, 0.3) is 0 Å². The Balaban J connectivity index is 2.82. The van der Waals surface area contributed by atoms with Gasteiger partial charge in [-0.25, -0.2) is 0 Å². The third-order valence-corrected chi connectivity index (χ3v) is 2.29. The predicted octanol–water partition coefficient (Wildman–Crippen LogP) is 1.60. The number of aryl methyl sites for hydroxylation is 1. The molecular formula is C12H17NO2. The van der Waals surface area contributed by atoms with Crippen molar-refractivity contribution in [2.75, 3.05) is 13.2 Å². The van der Waals surface area contributed by atoms with Crippen LogP contribution in [0.3, 0.4) is 0 Å². The van der Waals surface area contributed by atoms with Crippen molar-refractivity contribution in [2.24, 2.45) is 5.73 Å². The van der Waals surface area contributed by atoms with Gasteiger partial charge in [-0.1, -0.05) is 29.8 Å². The fourth-order valence-corrected chi connectivity index (χ4v) is 1.41. The Labute approximate surface area is 90.2 Å². The molecule has 0 heterocycles. The minimum atomic E-state index is -0.342. The molecule has 0 saturated carbocycles. The van der Waals surface area contributed by atoms with Gasteiger partial charge in [0.15, 0.2) is 0 Å². The molecule has 0 aliphatic carbocycles. The fraction of sp³-hybridized carbons (Fsp3) is 0.417. The summed E-state index contributed by atoms with van der Waals surface area (Å²) >= 11 is 0. The molecule has 0 spiro atoms. The Kier molecular flexibility index (Phi) is 4.31. The van der Waals surface area contributed by atoms with Gasteiger partial charge in [0.1, 0.15) is 0 Å². The fourth-order valence-electron chi connectivity index (χ4n) is 1.41. The first kappa shape index (κ1) is 11.7. The minimum absolute atomic E-state index is 0.246. The van der Waals surface area contributed by atoms with Crippen molar-refractivity contribution in [2.45, 2.75) is 19.8 Å². The van der Waals surface area contributed by atoms with Gasteiger partial charge in [-0.05, 0) is 19.4 Å². The van der Waals surface area contributed by atoms with Gasteiger partial charge in [0.25, 0.3) is 0 Å². The summed E-state index contributed by atoms with van der Waals surface area (Å²) in [6.07, 6.45) is 0. The van der Waals surface area contributed by atoms with Crippen LogP contribution < -0.4 is 5.73 Å². The van der Waals surface area contributed by atoms with Gasteiger partial charge >= 0.3 is 5.97 Å². The maximum atomic E-state index is 11.6. The summed E-state index contributed by atoms with van der Waals surface area (Å²) in [5.74, 6) is -0.589. The molecule has 0 aliphatic rings. The van der Waals surface area contributed by atoms with Crippen LogP contribution in [0.15, 0.2) is 24.3 Å². The number of hydrogen-bond donors (Lipinski definition) is 1. The number of hydrogen-bond acceptors (Lipinski definition) is 3. The van der Waals surface area contributed by atoms with Gasteiger partial charge in [-0.3, -0.25) is 4.79 Å². The summed E-state index contributed by atoms with van der Waals surface area (Å²) in [6.45, 7) is 4.47. The molecule has 1 atom stereocenters. The van der Waals surface area contributed by atoms with Gasteiger partial charge < -0.3 is 10.5 Å². The summed E-state index contributed by atoms with van der Waals surface area (Å²) in [5, 5.41) is 0. The maximum absolute atomic E-state index is 11.6. The SMILES string of the molecule is CCOC(=O)[C@H](CN)c1ccc(C)cc1. The largest absolute Gasteiger partial charge is 0.465 e. The Bertz CT molecular complexity index is 319. The van der Waals surface area contributed by atoms with Gasteiger partial charge in [0, 0.05) is 6.54 Å². The van der Waals surface area contributed by atoms with Crippen molar-refractivity contribution < 1.29 is 9.53 Å². The Morgan fingerprint density at radius 2 is 2.00 bits per heavy atom. The zero-order valence-corrected chi connectivity index (χ0v) is 9.19. The molecule has 1 aromatic carbocycles. The van der Waals surface area contributed by atoms with Gasteiger partial charge in [-0.15, -0.1) is 0 Å². The molecule has 1 aromatic rings. The highest BCUT2D eigenvalue weighted by atomic mass is 16.5. The van der Waals surface area contributed by atoms with Crippen LogP contribution in [0, 0.1) is 6.92 Å². The normalized spacial score (nSPS) is 12.2. The standard InChI is InChI=1S/C12H17NO2/c1-3-15-12(14)11(8-13)10-6-4-9(2)5-7-10/h4-7,11H,3,8,13H2,1-2H3/t11-/m1/s1. The maximum Gasteiger partial charge on any atom is 0.314 e. The average Bonchev–Trinajstić information content (AvgIpc) is 2.22. The van der Waals surface area contributed by atoms with E-state index in [9.17, 15) is 4.79 Å². The van der Waals surface area contributed by atoms with E-state index < -0.39 is 0 Å². The molecule has 0 radical (unpaired) electrons. The van der Waals surface area contributed by atoms with Crippen LogP contribution in [0.5, 0.6) is 0 Å². The van der Waals surface area contributed by atoms with Crippen LogP contribution in [-0.4, -0.2) is 19.1 Å². The van der Waals surface area contributed by atoms with Crippen LogP contribution in [-0.2, 0) is 9.53 Å². The summed E-state index contributed by atoms with van der Waals surface area (Å²) in [5.41, 5.74) is 7.66. The lowest BCUT2D eigenvalue weighted by Gasteiger charge is -2.13. The molecule has 1 rings (SSSR count). The Morgan fingerprint density at radius 3 is 2.47 bits per heavy atom. The lowest BCUT2D eigenvalue weighted by molar-refractivity contribution is -0.144. The molecular weight excluding hydrogens is 190 g/mol. The lowest BCUT2D eigenvalue weighted by Crippen LogP contribution is -2.23. The minimum Gasteiger partial charge on any atom is -0.465 e. The zero-order valence-electron chi connectivity index (χ0n) is 9.19. The number of carbonyl (C=O) groups is 1. The van der Waals surface area contributed by atoms with E-state index in [-0.39, 0.29) is 18.4 Å². The average molecular weight is 207 g/mol. The van der Waals surface area contributed by atoms with Crippen LogP contribution in [0.4, 0.5) is 0 Å². The van der Waals surface area contributed by atoms with Crippen molar-refractivity contribution in [1.29, 1.82) is 0 Å². The van der Waals surface area contributed by atoms with E-state index in [0.717, 1.165) is 5.56 Å². The summed E-state index contributed by atoms with van der Waals surface area (Å²) < 4.78 is 4.96. The van der Waals surface area contributed by atoms with E-state index in [4.69, 9.17) is 10.5 Å². The number of carbonyl (C=O) groups excluding carboxylic acids is 1. The topological polar surface area (TPSA) is 52.3 Å². The molecule has 0 unspecified atom stereocenters. The summed E-state index contributed by atoms with van der Waals surface area (Å²) in [7, 11) is 0. The van der Waals surface area contributed by atoms with Crippen LogP contribution >= 0.6 is 0 Å². The second kappa shape index (κ2) is 5.51. The van der Waals surface area contributed by atoms with Crippen LogP contribution in [0.1, 0.15) is 24.0 Å². The first-order chi connectivity index (χ1) is 7.19. The molecule has 15 heavy (non-hydrogen) atoms. The predicted molar refractivity (Wildman–Crippen MR) is 59.6 cm³/mol. The van der Waals surface area contributed by atoms with Gasteiger partial charge in [0.2, 0.25) is 0 Å². The molecule has 2 N–H and O–H groups in total. The summed E-state index contributed by atoms with van der Waals surface area (Å²) in [4.78, 5) is 11.6.